The summed E-state index contributed by atoms with van der Waals surface area (Å²) in [7, 11) is 0. The molecule has 1 aromatic carbocycles. The van der Waals surface area contributed by atoms with Crippen LogP contribution in [0.3, 0.4) is 0 Å². The van der Waals surface area contributed by atoms with Gasteiger partial charge in [-0.15, -0.1) is 10.2 Å². The average molecular weight is 298 g/mol. The Hall–Kier alpha value is -0.940. The van der Waals surface area contributed by atoms with Crippen LogP contribution in [0.5, 0.6) is 0 Å². The van der Waals surface area contributed by atoms with Crippen molar-refractivity contribution in [2.24, 2.45) is 0 Å². The fourth-order valence-corrected chi connectivity index (χ4v) is 2.59. The molecule has 0 atom stereocenters. The number of aromatic nitrogens is 2. The fraction of sp³-hybridized carbons (Fsp3) is 0.273. The van der Waals surface area contributed by atoms with Gasteiger partial charge in [0.25, 0.3) is 0 Å². The Balaban J connectivity index is 2.12. The second-order valence-corrected chi connectivity index (χ2v) is 5.57. The van der Waals surface area contributed by atoms with E-state index in [2.05, 4.69) is 62.2 Å². The van der Waals surface area contributed by atoms with E-state index >= 15 is 0 Å². The topological polar surface area (TPSA) is 29.0 Å². The van der Waals surface area contributed by atoms with Gasteiger partial charge in [0, 0.05) is 13.1 Å². The third-order valence-corrected chi connectivity index (χ3v) is 3.67. The van der Waals surface area contributed by atoms with Crippen molar-refractivity contribution < 1.29 is 0 Å². The van der Waals surface area contributed by atoms with E-state index in [1.54, 1.807) is 11.3 Å². The summed E-state index contributed by atoms with van der Waals surface area (Å²) in [5, 5.41) is 9.06. The predicted octanol–water partition coefficient (Wildman–Crippen LogP) is 3.33. The minimum Gasteiger partial charge on any atom is -0.343 e. The smallest absolute Gasteiger partial charge is 0.209 e. The highest BCUT2D eigenvalue weighted by atomic mass is 79.9. The molecule has 0 fully saturated rings. The highest BCUT2D eigenvalue weighted by Crippen LogP contribution is 2.25. The molecular formula is C11H12BrN3S. The summed E-state index contributed by atoms with van der Waals surface area (Å²) in [6.45, 7) is 3.92. The van der Waals surface area contributed by atoms with Crippen molar-refractivity contribution in [2.45, 2.75) is 13.5 Å². The summed E-state index contributed by atoms with van der Waals surface area (Å²) in [6, 6.07) is 10.4. The quantitative estimate of drug-likeness (QED) is 0.867. The normalized spacial score (nSPS) is 10.4. The van der Waals surface area contributed by atoms with Gasteiger partial charge in [0.05, 0.1) is 0 Å². The van der Waals surface area contributed by atoms with Crippen molar-refractivity contribution in [1.82, 2.24) is 10.2 Å². The number of nitrogens with zero attached hydrogens (tertiary/aromatic N) is 3. The van der Waals surface area contributed by atoms with Crippen molar-refractivity contribution in [1.29, 1.82) is 0 Å². The van der Waals surface area contributed by atoms with Crippen molar-refractivity contribution in [2.75, 3.05) is 11.4 Å². The average Bonchev–Trinajstić information content (AvgIpc) is 2.74. The van der Waals surface area contributed by atoms with Crippen molar-refractivity contribution in [3.8, 4) is 0 Å². The molecule has 0 amide bonds. The Morgan fingerprint density at radius 2 is 2.00 bits per heavy atom. The van der Waals surface area contributed by atoms with E-state index in [0.29, 0.717) is 0 Å². The van der Waals surface area contributed by atoms with Gasteiger partial charge in [0.1, 0.15) is 0 Å². The molecule has 84 valence electrons. The van der Waals surface area contributed by atoms with Crippen molar-refractivity contribution in [3.05, 3.63) is 39.8 Å². The van der Waals surface area contributed by atoms with Crippen LogP contribution in [0.2, 0.25) is 0 Å². The van der Waals surface area contributed by atoms with Crippen molar-refractivity contribution in [3.63, 3.8) is 0 Å². The van der Waals surface area contributed by atoms with Gasteiger partial charge in [0.2, 0.25) is 5.13 Å². The van der Waals surface area contributed by atoms with E-state index in [1.165, 1.54) is 5.56 Å². The van der Waals surface area contributed by atoms with Crippen LogP contribution in [0.4, 0.5) is 5.13 Å². The molecule has 1 aromatic heterocycles. The number of benzene rings is 1. The van der Waals surface area contributed by atoms with E-state index in [-0.39, 0.29) is 0 Å². The maximum atomic E-state index is 4.13. The Bertz CT molecular complexity index is 444. The number of rotatable bonds is 4. The van der Waals surface area contributed by atoms with E-state index in [4.69, 9.17) is 0 Å². The Labute approximate surface area is 107 Å². The van der Waals surface area contributed by atoms with E-state index in [0.717, 1.165) is 22.1 Å². The summed E-state index contributed by atoms with van der Waals surface area (Å²) in [5.41, 5.74) is 1.29. The standard InChI is InChI=1S/C11H12BrN3S/c1-2-15(11-14-13-10(12)16-11)8-9-6-4-3-5-7-9/h3-7H,2,8H2,1H3. The SMILES string of the molecule is CCN(Cc1ccccc1)c1nnc(Br)s1. The fourth-order valence-electron chi connectivity index (χ4n) is 1.44. The maximum absolute atomic E-state index is 4.13. The van der Waals surface area contributed by atoms with Crippen LogP contribution in [-0.4, -0.2) is 16.7 Å². The molecule has 0 saturated heterocycles. The Morgan fingerprint density at radius 1 is 1.25 bits per heavy atom. The van der Waals surface area contributed by atoms with Crippen LogP contribution in [0.15, 0.2) is 34.2 Å². The molecule has 0 saturated carbocycles. The Kier molecular flexibility index (Phi) is 3.90. The molecule has 0 aliphatic rings. The molecule has 0 aliphatic heterocycles. The molecular weight excluding hydrogens is 286 g/mol. The lowest BCUT2D eigenvalue weighted by Crippen LogP contribution is -2.21. The number of halogens is 1. The van der Waals surface area contributed by atoms with Crippen molar-refractivity contribution >= 4 is 32.4 Å². The highest BCUT2D eigenvalue weighted by Gasteiger charge is 2.10. The van der Waals surface area contributed by atoms with Crippen LogP contribution in [0, 0.1) is 0 Å². The summed E-state index contributed by atoms with van der Waals surface area (Å²) < 4.78 is 0.828. The van der Waals surface area contributed by atoms with Gasteiger partial charge in [-0.05, 0) is 28.4 Å². The zero-order valence-corrected chi connectivity index (χ0v) is 11.3. The molecule has 0 spiro atoms. The Morgan fingerprint density at radius 3 is 2.56 bits per heavy atom. The second kappa shape index (κ2) is 5.41. The number of hydrogen-bond donors (Lipinski definition) is 0. The monoisotopic (exact) mass is 297 g/mol. The molecule has 16 heavy (non-hydrogen) atoms. The summed E-state index contributed by atoms with van der Waals surface area (Å²) in [4.78, 5) is 2.21. The molecule has 2 rings (SSSR count). The van der Waals surface area contributed by atoms with Gasteiger partial charge in [-0.1, -0.05) is 41.7 Å². The molecule has 1 heterocycles. The minimum atomic E-state index is 0.828. The first-order valence-corrected chi connectivity index (χ1v) is 6.68. The molecule has 0 radical (unpaired) electrons. The van der Waals surface area contributed by atoms with Crippen LogP contribution in [0.1, 0.15) is 12.5 Å². The molecule has 0 unspecified atom stereocenters. The van der Waals surface area contributed by atoms with Crippen LogP contribution >= 0.6 is 27.3 Å². The number of anilines is 1. The van der Waals surface area contributed by atoms with E-state index in [1.807, 2.05) is 6.07 Å². The summed E-state index contributed by atoms with van der Waals surface area (Å²) in [6.07, 6.45) is 0. The molecule has 0 bridgehead atoms. The molecule has 3 nitrogen and oxygen atoms in total. The van der Waals surface area contributed by atoms with E-state index in [9.17, 15) is 0 Å². The van der Waals surface area contributed by atoms with E-state index < -0.39 is 0 Å². The third-order valence-electron chi connectivity index (χ3n) is 2.26. The molecule has 2 aromatic rings. The van der Waals surface area contributed by atoms with Gasteiger partial charge >= 0.3 is 0 Å². The first kappa shape index (κ1) is 11.5. The van der Waals surface area contributed by atoms with Gasteiger partial charge in [-0.2, -0.15) is 0 Å². The zero-order valence-electron chi connectivity index (χ0n) is 8.93. The minimum absolute atomic E-state index is 0.828. The first-order chi connectivity index (χ1) is 7.79. The molecule has 5 heteroatoms. The van der Waals surface area contributed by atoms with Crippen LogP contribution in [-0.2, 0) is 6.54 Å². The highest BCUT2D eigenvalue weighted by molar-refractivity contribution is 9.11. The lowest BCUT2D eigenvalue weighted by atomic mass is 10.2. The van der Waals surface area contributed by atoms with Gasteiger partial charge in [-0.25, -0.2) is 0 Å². The largest absolute Gasteiger partial charge is 0.343 e. The first-order valence-electron chi connectivity index (χ1n) is 5.07. The third kappa shape index (κ3) is 2.80. The predicted molar refractivity (Wildman–Crippen MR) is 70.8 cm³/mol. The van der Waals surface area contributed by atoms with Gasteiger partial charge in [0.15, 0.2) is 3.92 Å². The maximum Gasteiger partial charge on any atom is 0.209 e. The lowest BCUT2D eigenvalue weighted by molar-refractivity contribution is 0.814. The number of hydrogen-bond acceptors (Lipinski definition) is 4. The zero-order chi connectivity index (χ0) is 11.4. The second-order valence-electron chi connectivity index (χ2n) is 3.34. The lowest BCUT2D eigenvalue weighted by Gasteiger charge is -2.18. The van der Waals surface area contributed by atoms with Crippen LogP contribution < -0.4 is 4.90 Å². The van der Waals surface area contributed by atoms with Crippen LogP contribution in [0.25, 0.3) is 0 Å². The summed E-state index contributed by atoms with van der Waals surface area (Å²) >= 11 is 4.89. The van der Waals surface area contributed by atoms with Gasteiger partial charge in [-0.3, -0.25) is 0 Å². The molecule has 0 N–H and O–H groups in total. The van der Waals surface area contributed by atoms with Gasteiger partial charge < -0.3 is 4.90 Å². The molecule has 0 aliphatic carbocycles. The summed E-state index contributed by atoms with van der Waals surface area (Å²) in [5.74, 6) is 0.